The number of guanidine groups is 1. The molecule has 24 heavy (non-hydrogen) atoms. The predicted molar refractivity (Wildman–Crippen MR) is 96.3 cm³/mol. The molecule has 0 aliphatic heterocycles. The van der Waals surface area contributed by atoms with Crippen molar-refractivity contribution in [2.45, 2.75) is 45.2 Å². The minimum atomic E-state index is 0.528. The van der Waals surface area contributed by atoms with E-state index in [0.29, 0.717) is 36.4 Å². The summed E-state index contributed by atoms with van der Waals surface area (Å²) in [5, 5.41) is 6.83. The van der Waals surface area contributed by atoms with Crippen LogP contribution in [-0.2, 0) is 6.54 Å². The van der Waals surface area contributed by atoms with Crippen LogP contribution in [-0.4, -0.2) is 39.9 Å². The topological polar surface area (TPSA) is 64.1 Å². The van der Waals surface area contributed by atoms with Crippen molar-refractivity contribution in [1.82, 2.24) is 10.6 Å². The Kier molecular flexibility index (Phi) is 7.03. The number of ether oxygens (including phenoxy) is 3. The van der Waals surface area contributed by atoms with Crippen LogP contribution < -0.4 is 24.8 Å². The molecule has 1 fully saturated rings. The highest BCUT2D eigenvalue weighted by Gasteiger charge is 2.17. The molecule has 134 valence electrons. The van der Waals surface area contributed by atoms with Crippen LogP contribution in [0.25, 0.3) is 0 Å². The maximum absolute atomic E-state index is 5.63. The van der Waals surface area contributed by atoms with E-state index >= 15 is 0 Å². The molecular weight excluding hydrogens is 306 g/mol. The van der Waals surface area contributed by atoms with E-state index in [-0.39, 0.29) is 0 Å². The number of benzene rings is 1. The maximum Gasteiger partial charge on any atom is 0.203 e. The highest BCUT2D eigenvalue weighted by atomic mass is 16.5. The largest absolute Gasteiger partial charge is 0.493 e. The van der Waals surface area contributed by atoms with Crippen LogP contribution >= 0.6 is 0 Å². The Morgan fingerprint density at radius 2 is 1.79 bits per heavy atom. The summed E-state index contributed by atoms with van der Waals surface area (Å²) in [6.45, 7) is 3.13. The maximum atomic E-state index is 5.63. The van der Waals surface area contributed by atoms with Gasteiger partial charge in [0.1, 0.15) is 0 Å². The van der Waals surface area contributed by atoms with Gasteiger partial charge in [0.2, 0.25) is 5.75 Å². The number of rotatable bonds is 7. The van der Waals surface area contributed by atoms with E-state index in [1.807, 2.05) is 19.1 Å². The molecule has 0 spiro atoms. The molecule has 1 aliphatic carbocycles. The monoisotopic (exact) mass is 335 g/mol. The van der Waals surface area contributed by atoms with Gasteiger partial charge < -0.3 is 24.8 Å². The molecule has 6 nitrogen and oxygen atoms in total. The van der Waals surface area contributed by atoms with Gasteiger partial charge >= 0.3 is 0 Å². The zero-order valence-electron chi connectivity index (χ0n) is 15.1. The van der Waals surface area contributed by atoms with Gasteiger partial charge in [-0.25, -0.2) is 0 Å². The lowest BCUT2D eigenvalue weighted by atomic mass is 10.1. The number of hydrogen-bond donors (Lipinski definition) is 2. The molecule has 0 atom stereocenters. The lowest BCUT2D eigenvalue weighted by molar-refractivity contribution is 0.288. The minimum absolute atomic E-state index is 0.528. The van der Waals surface area contributed by atoms with Gasteiger partial charge in [-0.05, 0) is 37.5 Å². The normalized spacial score (nSPS) is 15.2. The third-order valence-electron chi connectivity index (χ3n) is 4.19. The van der Waals surface area contributed by atoms with Crippen LogP contribution in [0.5, 0.6) is 17.2 Å². The fourth-order valence-corrected chi connectivity index (χ4v) is 2.97. The molecule has 2 rings (SSSR count). The third-order valence-corrected chi connectivity index (χ3v) is 4.19. The van der Waals surface area contributed by atoms with Crippen LogP contribution in [0.1, 0.15) is 38.2 Å². The van der Waals surface area contributed by atoms with E-state index in [0.717, 1.165) is 11.5 Å². The average molecular weight is 335 g/mol. The van der Waals surface area contributed by atoms with Crippen LogP contribution in [0, 0.1) is 0 Å². The molecule has 0 radical (unpaired) electrons. The van der Waals surface area contributed by atoms with E-state index in [1.165, 1.54) is 25.7 Å². The van der Waals surface area contributed by atoms with E-state index in [4.69, 9.17) is 14.2 Å². The van der Waals surface area contributed by atoms with Gasteiger partial charge in [0.15, 0.2) is 17.5 Å². The summed E-state index contributed by atoms with van der Waals surface area (Å²) in [7, 11) is 5.06. The second-order valence-electron chi connectivity index (χ2n) is 5.81. The Labute approximate surface area is 144 Å². The summed E-state index contributed by atoms with van der Waals surface area (Å²) in [4.78, 5) is 4.31. The first-order valence-electron chi connectivity index (χ1n) is 8.56. The Bertz CT molecular complexity index is 529. The summed E-state index contributed by atoms with van der Waals surface area (Å²) in [6.07, 6.45) is 5.01. The van der Waals surface area contributed by atoms with Crippen molar-refractivity contribution in [3.05, 3.63) is 17.7 Å². The van der Waals surface area contributed by atoms with Gasteiger partial charge in [0.25, 0.3) is 0 Å². The van der Waals surface area contributed by atoms with Crippen molar-refractivity contribution in [2.24, 2.45) is 4.99 Å². The molecule has 0 bridgehead atoms. The van der Waals surface area contributed by atoms with Crippen molar-refractivity contribution in [1.29, 1.82) is 0 Å². The quantitative estimate of drug-likeness (QED) is 0.592. The van der Waals surface area contributed by atoms with Crippen LogP contribution in [0.15, 0.2) is 17.1 Å². The van der Waals surface area contributed by atoms with Gasteiger partial charge in [-0.3, -0.25) is 4.99 Å². The van der Waals surface area contributed by atoms with Crippen molar-refractivity contribution < 1.29 is 14.2 Å². The van der Waals surface area contributed by atoms with E-state index in [1.54, 1.807) is 21.3 Å². The van der Waals surface area contributed by atoms with Crippen LogP contribution in [0.2, 0.25) is 0 Å². The highest BCUT2D eigenvalue weighted by molar-refractivity contribution is 5.80. The lowest BCUT2D eigenvalue weighted by Crippen LogP contribution is -2.41. The Balaban J connectivity index is 2.05. The first kappa shape index (κ1) is 18.2. The van der Waals surface area contributed by atoms with Gasteiger partial charge in [0.05, 0.1) is 20.8 Å². The molecule has 1 aliphatic rings. The smallest absolute Gasteiger partial charge is 0.203 e. The molecule has 0 saturated heterocycles. The molecule has 0 aromatic heterocycles. The molecule has 2 N–H and O–H groups in total. The fraction of sp³-hybridized carbons (Fsp3) is 0.611. The van der Waals surface area contributed by atoms with Gasteiger partial charge in [-0.2, -0.15) is 0 Å². The summed E-state index contributed by atoms with van der Waals surface area (Å²) >= 11 is 0. The van der Waals surface area contributed by atoms with E-state index < -0.39 is 0 Å². The number of hydrogen-bond acceptors (Lipinski definition) is 4. The molecule has 1 aromatic carbocycles. The third kappa shape index (κ3) is 4.69. The first-order chi connectivity index (χ1) is 11.7. The minimum Gasteiger partial charge on any atom is -0.493 e. The van der Waals surface area contributed by atoms with E-state index in [9.17, 15) is 0 Å². The van der Waals surface area contributed by atoms with Gasteiger partial charge in [-0.1, -0.05) is 12.8 Å². The average Bonchev–Trinajstić information content (AvgIpc) is 3.12. The number of aliphatic imine (C=N–C) groups is 1. The summed E-state index contributed by atoms with van der Waals surface area (Å²) in [5.41, 5.74) is 1.04. The number of nitrogens with one attached hydrogen (secondary N) is 2. The zero-order valence-corrected chi connectivity index (χ0v) is 15.1. The molecule has 0 unspecified atom stereocenters. The Morgan fingerprint density at radius 1 is 1.17 bits per heavy atom. The molecule has 1 saturated carbocycles. The summed E-state index contributed by atoms with van der Waals surface area (Å²) in [5.74, 6) is 2.81. The molecule has 6 heteroatoms. The fourth-order valence-electron chi connectivity index (χ4n) is 2.97. The second kappa shape index (κ2) is 9.25. The summed E-state index contributed by atoms with van der Waals surface area (Å²) in [6, 6.07) is 4.45. The van der Waals surface area contributed by atoms with Crippen molar-refractivity contribution in [3.8, 4) is 17.2 Å². The highest BCUT2D eigenvalue weighted by Crippen LogP contribution is 2.38. The molecule has 1 aromatic rings. The molecule has 0 amide bonds. The number of methoxy groups -OCH3 is 2. The Morgan fingerprint density at radius 3 is 2.29 bits per heavy atom. The van der Waals surface area contributed by atoms with Gasteiger partial charge in [0, 0.05) is 19.6 Å². The molecule has 0 heterocycles. The Hall–Kier alpha value is -2.11. The predicted octanol–water partition coefficient (Wildman–Crippen LogP) is 2.71. The standard InChI is InChI=1S/C18H29N3O3/c1-5-24-17-15(22-3)10-13(11-16(17)23-4)12-20-18(19-2)21-14-8-6-7-9-14/h10-11,14H,5-9,12H2,1-4H3,(H2,19,20,21). The van der Waals surface area contributed by atoms with Crippen LogP contribution in [0.4, 0.5) is 0 Å². The summed E-state index contributed by atoms with van der Waals surface area (Å²) < 4.78 is 16.5. The lowest BCUT2D eigenvalue weighted by Gasteiger charge is -2.18. The van der Waals surface area contributed by atoms with Gasteiger partial charge in [-0.15, -0.1) is 0 Å². The second-order valence-corrected chi connectivity index (χ2v) is 5.81. The SMILES string of the molecule is CCOc1c(OC)cc(CNC(=NC)NC2CCCC2)cc1OC. The zero-order chi connectivity index (χ0) is 17.4. The number of nitrogens with zero attached hydrogens (tertiary/aromatic N) is 1. The first-order valence-corrected chi connectivity index (χ1v) is 8.56. The van der Waals surface area contributed by atoms with Crippen molar-refractivity contribution >= 4 is 5.96 Å². The van der Waals surface area contributed by atoms with Crippen LogP contribution in [0.3, 0.4) is 0 Å². The van der Waals surface area contributed by atoms with Crippen molar-refractivity contribution in [2.75, 3.05) is 27.9 Å². The molecular formula is C18H29N3O3. The van der Waals surface area contributed by atoms with Crippen molar-refractivity contribution in [3.63, 3.8) is 0 Å². The van der Waals surface area contributed by atoms with E-state index in [2.05, 4.69) is 15.6 Å².